The molecule has 1 aromatic carbocycles. The molecule has 2 aromatic rings. The van der Waals surface area contributed by atoms with Crippen molar-refractivity contribution in [2.75, 3.05) is 31.2 Å². The molecule has 1 amide bonds. The van der Waals surface area contributed by atoms with Gasteiger partial charge in [0, 0.05) is 19.6 Å². The van der Waals surface area contributed by atoms with Gasteiger partial charge in [0.05, 0.1) is 24.5 Å². The zero-order valence-electron chi connectivity index (χ0n) is 16.4. The van der Waals surface area contributed by atoms with Crippen molar-refractivity contribution in [1.82, 2.24) is 20.1 Å². The highest BCUT2D eigenvalue weighted by molar-refractivity contribution is 8.00. The Bertz CT molecular complexity index is 792. The quantitative estimate of drug-likeness (QED) is 0.712. The van der Waals surface area contributed by atoms with E-state index in [2.05, 4.69) is 20.4 Å². The number of morpholine rings is 1. The van der Waals surface area contributed by atoms with E-state index in [4.69, 9.17) is 4.74 Å². The first kappa shape index (κ1) is 20.6. The zero-order chi connectivity index (χ0) is 20.1. The summed E-state index contributed by atoms with van der Waals surface area (Å²) in [5.41, 5.74) is 0.860. The lowest BCUT2D eigenvalue weighted by molar-refractivity contribution is -0.120. The maximum atomic E-state index is 13.1. The van der Waals surface area contributed by atoms with E-state index in [1.54, 1.807) is 12.1 Å². The van der Waals surface area contributed by atoms with E-state index in [-0.39, 0.29) is 23.0 Å². The molecular formula is C19H26FN5O2S. The summed E-state index contributed by atoms with van der Waals surface area (Å²) in [4.78, 5) is 14.8. The summed E-state index contributed by atoms with van der Waals surface area (Å²) in [6, 6.07) is 5.95. The van der Waals surface area contributed by atoms with Crippen LogP contribution in [0.3, 0.4) is 0 Å². The van der Waals surface area contributed by atoms with Crippen molar-refractivity contribution in [3.8, 4) is 0 Å². The molecule has 28 heavy (non-hydrogen) atoms. The molecule has 9 heteroatoms. The van der Waals surface area contributed by atoms with Gasteiger partial charge in [-0.25, -0.2) is 4.39 Å². The lowest BCUT2D eigenvalue weighted by Gasteiger charge is -2.27. The molecule has 1 saturated heterocycles. The number of anilines is 1. The van der Waals surface area contributed by atoms with Gasteiger partial charge in [-0.15, -0.1) is 10.2 Å². The number of amides is 1. The van der Waals surface area contributed by atoms with Crippen LogP contribution in [0.1, 0.15) is 32.4 Å². The molecular weight excluding hydrogens is 381 g/mol. The second-order valence-corrected chi connectivity index (χ2v) is 7.98. The van der Waals surface area contributed by atoms with Crippen molar-refractivity contribution in [2.45, 2.75) is 43.8 Å². The van der Waals surface area contributed by atoms with Gasteiger partial charge in [0.1, 0.15) is 5.82 Å². The number of nitrogens with one attached hydrogen (secondary N) is 1. The summed E-state index contributed by atoms with van der Waals surface area (Å²) in [6.45, 7) is 9.43. The van der Waals surface area contributed by atoms with Gasteiger partial charge in [0.15, 0.2) is 5.16 Å². The zero-order valence-corrected chi connectivity index (χ0v) is 17.2. The first-order valence-corrected chi connectivity index (χ1v) is 10.4. The average Bonchev–Trinajstić information content (AvgIpc) is 3.11. The summed E-state index contributed by atoms with van der Waals surface area (Å²) in [6.07, 6.45) is 0. The summed E-state index contributed by atoms with van der Waals surface area (Å²) in [5.74, 6) is 0.433. The molecule has 0 aliphatic carbocycles. The summed E-state index contributed by atoms with van der Waals surface area (Å²) >= 11 is 1.39. The van der Waals surface area contributed by atoms with E-state index in [9.17, 15) is 9.18 Å². The van der Waals surface area contributed by atoms with Crippen LogP contribution >= 0.6 is 11.8 Å². The van der Waals surface area contributed by atoms with Crippen LogP contribution < -0.4 is 10.2 Å². The van der Waals surface area contributed by atoms with Crippen LogP contribution in [0.4, 0.5) is 10.3 Å². The van der Waals surface area contributed by atoms with Crippen LogP contribution in [0, 0.1) is 5.82 Å². The number of aromatic nitrogens is 3. The maximum absolute atomic E-state index is 13.1. The van der Waals surface area contributed by atoms with Gasteiger partial charge in [-0.2, -0.15) is 0 Å². The topological polar surface area (TPSA) is 72.3 Å². The number of thioether (sulfide) groups is 1. The number of benzene rings is 1. The summed E-state index contributed by atoms with van der Waals surface area (Å²) in [5, 5.41) is 12.0. The predicted molar refractivity (Wildman–Crippen MR) is 107 cm³/mol. The van der Waals surface area contributed by atoms with Gasteiger partial charge in [-0.05, 0) is 38.5 Å². The molecule has 0 saturated carbocycles. The van der Waals surface area contributed by atoms with Gasteiger partial charge in [0.2, 0.25) is 11.9 Å². The first-order chi connectivity index (χ1) is 13.5. The third-order valence-electron chi connectivity index (χ3n) is 4.69. The minimum atomic E-state index is -0.338. The Morgan fingerprint density at radius 1 is 1.25 bits per heavy atom. The van der Waals surface area contributed by atoms with E-state index in [0.717, 1.165) is 36.3 Å². The molecule has 1 N–H and O–H groups in total. The summed E-state index contributed by atoms with van der Waals surface area (Å²) < 4.78 is 20.5. The van der Waals surface area contributed by atoms with E-state index < -0.39 is 0 Å². The number of ether oxygens (including phenoxy) is 1. The molecule has 0 bridgehead atoms. The smallest absolute Gasteiger partial charge is 0.233 e. The number of nitrogens with zero attached hydrogens (tertiary/aromatic N) is 4. The van der Waals surface area contributed by atoms with Crippen molar-refractivity contribution in [3.63, 3.8) is 0 Å². The highest BCUT2D eigenvalue weighted by atomic mass is 32.2. The fourth-order valence-corrected chi connectivity index (χ4v) is 3.94. The van der Waals surface area contributed by atoms with Crippen LogP contribution in [-0.4, -0.2) is 52.2 Å². The predicted octanol–water partition coefficient (Wildman–Crippen LogP) is 2.63. The SMILES string of the molecule is CCn1c(S[C@@H](C)C(=O)N[C@@H](C)c2ccc(F)cc2)nnc1N1CCOCC1. The molecule has 2 atom stereocenters. The average molecular weight is 408 g/mol. The number of hydrogen-bond acceptors (Lipinski definition) is 6. The monoisotopic (exact) mass is 407 g/mol. The van der Waals surface area contributed by atoms with Crippen molar-refractivity contribution in [2.24, 2.45) is 0 Å². The van der Waals surface area contributed by atoms with Gasteiger partial charge in [-0.3, -0.25) is 9.36 Å². The molecule has 1 aliphatic rings. The molecule has 152 valence electrons. The second kappa shape index (κ2) is 9.38. The lowest BCUT2D eigenvalue weighted by atomic mass is 10.1. The van der Waals surface area contributed by atoms with Gasteiger partial charge < -0.3 is 15.0 Å². The van der Waals surface area contributed by atoms with E-state index in [1.165, 1.54) is 23.9 Å². The van der Waals surface area contributed by atoms with Gasteiger partial charge in [0.25, 0.3) is 0 Å². The second-order valence-electron chi connectivity index (χ2n) is 6.67. The lowest BCUT2D eigenvalue weighted by Crippen LogP contribution is -2.38. The Kier molecular flexibility index (Phi) is 6.90. The van der Waals surface area contributed by atoms with Crippen LogP contribution in [0.15, 0.2) is 29.4 Å². The molecule has 3 rings (SSSR count). The molecule has 1 fully saturated rings. The molecule has 0 spiro atoms. The molecule has 7 nitrogen and oxygen atoms in total. The Labute approximate surface area is 168 Å². The molecule has 0 unspecified atom stereocenters. The van der Waals surface area contributed by atoms with Crippen molar-refractivity contribution in [3.05, 3.63) is 35.6 Å². The standard InChI is InChI=1S/C19H26FN5O2S/c1-4-25-18(24-9-11-27-12-10-24)22-23-19(25)28-14(3)17(26)21-13(2)15-5-7-16(20)8-6-15/h5-8,13-14H,4,9-12H2,1-3H3,(H,21,26)/t13-,14-/m0/s1. The minimum absolute atomic E-state index is 0.0969. The van der Waals surface area contributed by atoms with Crippen molar-refractivity contribution in [1.29, 1.82) is 0 Å². The first-order valence-electron chi connectivity index (χ1n) is 9.48. The maximum Gasteiger partial charge on any atom is 0.233 e. The van der Waals surface area contributed by atoms with Crippen molar-refractivity contribution < 1.29 is 13.9 Å². The van der Waals surface area contributed by atoms with Crippen LogP contribution in [-0.2, 0) is 16.1 Å². The van der Waals surface area contributed by atoms with Crippen LogP contribution in [0.2, 0.25) is 0 Å². The number of rotatable bonds is 7. The normalized spacial score (nSPS) is 16.6. The fourth-order valence-electron chi connectivity index (χ4n) is 3.02. The molecule has 0 radical (unpaired) electrons. The number of halogens is 1. The Morgan fingerprint density at radius 3 is 2.57 bits per heavy atom. The van der Waals surface area contributed by atoms with Crippen LogP contribution in [0.25, 0.3) is 0 Å². The largest absolute Gasteiger partial charge is 0.378 e. The Balaban J connectivity index is 1.63. The fraction of sp³-hybridized carbons (Fsp3) is 0.526. The van der Waals surface area contributed by atoms with Gasteiger partial charge >= 0.3 is 0 Å². The number of hydrogen-bond donors (Lipinski definition) is 1. The van der Waals surface area contributed by atoms with E-state index in [1.807, 2.05) is 25.3 Å². The third-order valence-corrected chi connectivity index (χ3v) is 5.77. The van der Waals surface area contributed by atoms with Crippen LogP contribution in [0.5, 0.6) is 0 Å². The number of carbonyl (C=O) groups excluding carboxylic acids is 1. The molecule has 1 aromatic heterocycles. The molecule has 1 aliphatic heterocycles. The highest BCUT2D eigenvalue weighted by Crippen LogP contribution is 2.26. The minimum Gasteiger partial charge on any atom is -0.378 e. The van der Waals surface area contributed by atoms with E-state index in [0.29, 0.717) is 13.2 Å². The summed E-state index contributed by atoms with van der Waals surface area (Å²) in [7, 11) is 0. The van der Waals surface area contributed by atoms with Crippen molar-refractivity contribution >= 4 is 23.6 Å². The number of carbonyl (C=O) groups is 1. The van der Waals surface area contributed by atoms with Gasteiger partial charge in [-0.1, -0.05) is 23.9 Å². The molecule has 2 heterocycles. The van der Waals surface area contributed by atoms with E-state index >= 15 is 0 Å². The Hall–Kier alpha value is -2.13. The highest BCUT2D eigenvalue weighted by Gasteiger charge is 2.24. The third kappa shape index (κ3) is 4.82. The Morgan fingerprint density at radius 2 is 1.93 bits per heavy atom.